The van der Waals surface area contributed by atoms with Gasteiger partial charge in [-0.05, 0) is 18.6 Å². The summed E-state index contributed by atoms with van der Waals surface area (Å²) in [6.45, 7) is 1.32. The molecule has 0 atom stereocenters. The van der Waals surface area contributed by atoms with Gasteiger partial charge in [0.05, 0.1) is 4.92 Å². The number of aryl methyl sites for hydroxylation is 1. The maximum absolute atomic E-state index is 13.1. The largest absolute Gasteiger partial charge is 0.377 e. The molecule has 0 heterocycles. The van der Waals surface area contributed by atoms with Gasteiger partial charge in [-0.25, -0.2) is 0 Å². The van der Waals surface area contributed by atoms with Crippen LogP contribution in [0.2, 0.25) is 0 Å². The van der Waals surface area contributed by atoms with Crippen LogP contribution >= 0.6 is 0 Å². The van der Waals surface area contributed by atoms with Crippen molar-refractivity contribution < 1.29 is 18.8 Å². The second-order valence-electron chi connectivity index (χ2n) is 3.23. The van der Waals surface area contributed by atoms with Crippen molar-refractivity contribution in [2.24, 2.45) is 0 Å². The van der Waals surface area contributed by atoms with E-state index in [2.05, 4.69) is 4.74 Å². The summed E-state index contributed by atoms with van der Waals surface area (Å²) < 4.78 is 17.8. The fourth-order valence-electron chi connectivity index (χ4n) is 1.31. The molecule has 0 saturated carbocycles. The Labute approximate surface area is 91.0 Å². The Hall–Kier alpha value is -1.82. The van der Waals surface area contributed by atoms with Crippen LogP contribution in [0.1, 0.15) is 15.9 Å². The number of Topliss-reactive ketones (excluding diaryl/α,β-unsaturated/α-hetero) is 1. The number of benzene rings is 1. The van der Waals surface area contributed by atoms with E-state index in [4.69, 9.17) is 0 Å². The van der Waals surface area contributed by atoms with Gasteiger partial charge in [0.2, 0.25) is 5.82 Å². The molecule has 1 aromatic carbocycles. The normalized spacial score (nSPS) is 10.2. The summed E-state index contributed by atoms with van der Waals surface area (Å²) in [5.74, 6) is -1.36. The third kappa shape index (κ3) is 2.40. The summed E-state index contributed by atoms with van der Waals surface area (Å²) in [6, 6.07) is 1.91. The monoisotopic (exact) mass is 227 g/mol. The predicted octanol–water partition coefficient (Wildman–Crippen LogP) is 1.87. The van der Waals surface area contributed by atoms with Gasteiger partial charge in [-0.15, -0.1) is 0 Å². The summed E-state index contributed by atoms with van der Waals surface area (Å²) in [7, 11) is 1.34. The van der Waals surface area contributed by atoms with Crippen molar-refractivity contribution in [2.75, 3.05) is 13.7 Å². The number of carbonyl (C=O) groups excluding carboxylic acids is 1. The standard InChI is InChI=1S/C10H10FNO4/c1-6-3-8(11)9(12(14)15)4-7(6)10(13)5-16-2/h3-4H,5H2,1-2H3. The lowest BCUT2D eigenvalue weighted by Crippen LogP contribution is -2.10. The highest BCUT2D eigenvalue weighted by Gasteiger charge is 2.19. The molecule has 1 aromatic rings. The molecular weight excluding hydrogens is 217 g/mol. The number of methoxy groups -OCH3 is 1. The quantitative estimate of drug-likeness (QED) is 0.447. The third-order valence-electron chi connectivity index (χ3n) is 2.07. The number of ether oxygens (including phenoxy) is 1. The van der Waals surface area contributed by atoms with E-state index in [0.29, 0.717) is 5.56 Å². The Morgan fingerprint density at radius 3 is 2.69 bits per heavy atom. The second-order valence-corrected chi connectivity index (χ2v) is 3.23. The maximum atomic E-state index is 13.1. The molecule has 16 heavy (non-hydrogen) atoms. The molecule has 0 bridgehead atoms. The van der Waals surface area contributed by atoms with Gasteiger partial charge in [0, 0.05) is 18.7 Å². The molecule has 0 aliphatic heterocycles. The number of nitrogens with zero attached hydrogens (tertiary/aromatic N) is 1. The Balaban J connectivity index is 3.24. The van der Waals surface area contributed by atoms with Crippen LogP contribution in [0.5, 0.6) is 0 Å². The first-order valence-electron chi connectivity index (χ1n) is 4.44. The number of rotatable bonds is 4. The van der Waals surface area contributed by atoms with E-state index >= 15 is 0 Å². The molecule has 86 valence electrons. The van der Waals surface area contributed by atoms with E-state index in [1.165, 1.54) is 14.0 Å². The van der Waals surface area contributed by atoms with Gasteiger partial charge < -0.3 is 4.74 Å². The summed E-state index contributed by atoms with van der Waals surface area (Å²) >= 11 is 0. The number of nitro groups is 1. The number of halogens is 1. The molecule has 0 aromatic heterocycles. The van der Waals surface area contributed by atoms with E-state index < -0.39 is 22.2 Å². The molecule has 0 fully saturated rings. The minimum absolute atomic E-state index is 0.106. The molecule has 5 nitrogen and oxygen atoms in total. The summed E-state index contributed by atoms with van der Waals surface area (Å²) in [5, 5.41) is 10.5. The summed E-state index contributed by atoms with van der Waals surface area (Å²) in [4.78, 5) is 21.1. The third-order valence-corrected chi connectivity index (χ3v) is 2.07. The molecular formula is C10H10FNO4. The highest BCUT2D eigenvalue weighted by atomic mass is 19.1. The first kappa shape index (κ1) is 12.3. The molecule has 0 saturated heterocycles. The first-order valence-corrected chi connectivity index (χ1v) is 4.44. The Bertz CT molecular complexity index is 445. The van der Waals surface area contributed by atoms with E-state index in [-0.39, 0.29) is 12.2 Å². The average molecular weight is 227 g/mol. The zero-order valence-corrected chi connectivity index (χ0v) is 8.82. The van der Waals surface area contributed by atoms with Crippen LogP contribution in [0.15, 0.2) is 12.1 Å². The molecule has 0 aliphatic carbocycles. The highest BCUT2D eigenvalue weighted by Crippen LogP contribution is 2.22. The van der Waals surface area contributed by atoms with Crippen molar-refractivity contribution in [3.63, 3.8) is 0 Å². The van der Waals surface area contributed by atoms with Crippen molar-refractivity contribution in [3.05, 3.63) is 39.2 Å². The lowest BCUT2D eigenvalue weighted by molar-refractivity contribution is -0.387. The Kier molecular flexibility index (Phi) is 3.68. The van der Waals surface area contributed by atoms with Crippen molar-refractivity contribution in [3.8, 4) is 0 Å². The lowest BCUT2D eigenvalue weighted by atomic mass is 10.0. The fourth-order valence-corrected chi connectivity index (χ4v) is 1.31. The lowest BCUT2D eigenvalue weighted by Gasteiger charge is -2.04. The van der Waals surface area contributed by atoms with Gasteiger partial charge in [0.1, 0.15) is 6.61 Å². The minimum Gasteiger partial charge on any atom is -0.377 e. The molecule has 1 rings (SSSR count). The second kappa shape index (κ2) is 4.80. The van der Waals surface area contributed by atoms with Crippen molar-refractivity contribution in [1.82, 2.24) is 0 Å². The van der Waals surface area contributed by atoms with Crippen molar-refractivity contribution in [2.45, 2.75) is 6.92 Å². The molecule has 0 N–H and O–H groups in total. The van der Waals surface area contributed by atoms with Crippen molar-refractivity contribution >= 4 is 11.5 Å². The van der Waals surface area contributed by atoms with Crippen molar-refractivity contribution in [1.29, 1.82) is 0 Å². The molecule has 0 aliphatic rings. The van der Waals surface area contributed by atoms with Gasteiger partial charge in [-0.3, -0.25) is 14.9 Å². The van der Waals surface area contributed by atoms with Gasteiger partial charge in [-0.2, -0.15) is 4.39 Å². The Morgan fingerprint density at radius 2 is 2.19 bits per heavy atom. The van der Waals surface area contributed by atoms with Gasteiger partial charge in [0.25, 0.3) is 0 Å². The molecule has 0 unspecified atom stereocenters. The number of carbonyl (C=O) groups is 1. The molecule has 0 radical (unpaired) electrons. The molecule has 6 heteroatoms. The summed E-state index contributed by atoms with van der Waals surface area (Å²) in [6.07, 6.45) is 0. The number of hydrogen-bond donors (Lipinski definition) is 0. The van der Waals surface area contributed by atoms with E-state index in [1.807, 2.05) is 0 Å². The van der Waals surface area contributed by atoms with Crippen LogP contribution in [0.3, 0.4) is 0 Å². The SMILES string of the molecule is COCC(=O)c1cc([N+](=O)[O-])c(F)cc1C. The fraction of sp³-hybridized carbons (Fsp3) is 0.300. The van der Waals surface area contributed by atoms with E-state index in [0.717, 1.165) is 12.1 Å². The highest BCUT2D eigenvalue weighted by molar-refractivity contribution is 5.99. The van der Waals surface area contributed by atoms with E-state index in [1.54, 1.807) is 0 Å². The summed E-state index contributed by atoms with van der Waals surface area (Å²) in [5.41, 5.74) is -0.245. The van der Waals surface area contributed by atoms with Gasteiger partial charge >= 0.3 is 5.69 Å². The van der Waals surface area contributed by atoms with Gasteiger partial charge in [0.15, 0.2) is 5.78 Å². The molecule has 0 spiro atoms. The van der Waals surface area contributed by atoms with E-state index in [9.17, 15) is 19.3 Å². The molecule has 0 amide bonds. The average Bonchev–Trinajstić information content (AvgIpc) is 2.17. The van der Waals surface area contributed by atoms with Crippen LogP contribution in [0, 0.1) is 22.9 Å². The maximum Gasteiger partial charge on any atom is 0.305 e. The smallest absolute Gasteiger partial charge is 0.305 e. The van der Waals surface area contributed by atoms with Gasteiger partial charge in [-0.1, -0.05) is 0 Å². The van der Waals surface area contributed by atoms with Crippen LogP contribution in [-0.4, -0.2) is 24.4 Å². The topological polar surface area (TPSA) is 69.4 Å². The van der Waals surface area contributed by atoms with Crippen LogP contribution in [0.4, 0.5) is 10.1 Å². The first-order chi connectivity index (χ1) is 7.47. The number of nitro benzene ring substituents is 1. The predicted molar refractivity (Wildman–Crippen MR) is 54.0 cm³/mol. The van der Waals surface area contributed by atoms with Crippen LogP contribution in [-0.2, 0) is 4.74 Å². The Morgan fingerprint density at radius 1 is 1.56 bits per heavy atom. The number of ketones is 1. The minimum atomic E-state index is -0.948. The zero-order valence-electron chi connectivity index (χ0n) is 8.82. The zero-order chi connectivity index (χ0) is 12.3. The van der Waals surface area contributed by atoms with Crippen LogP contribution < -0.4 is 0 Å². The number of hydrogen-bond acceptors (Lipinski definition) is 4. The van der Waals surface area contributed by atoms with Crippen LogP contribution in [0.25, 0.3) is 0 Å².